The molecule has 3 N–H and O–H groups in total. The van der Waals surface area contributed by atoms with Crippen LogP contribution in [0.25, 0.3) is 5.69 Å². The Balaban J connectivity index is 1.61. The molecule has 1 aromatic heterocycles. The number of carbonyl (C=O) groups excluding carboxylic acids is 2. The van der Waals surface area contributed by atoms with Gasteiger partial charge in [-0.25, -0.2) is 9.67 Å². The highest BCUT2D eigenvalue weighted by Gasteiger charge is 2.17. The van der Waals surface area contributed by atoms with E-state index < -0.39 is 11.2 Å². The molecule has 0 aliphatic heterocycles. The highest BCUT2D eigenvalue weighted by Crippen LogP contribution is 2.21. The molecule has 7 nitrogen and oxygen atoms in total. The molecule has 0 aliphatic carbocycles. The van der Waals surface area contributed by atoms with E-state index in [9.17, 15) is 9.59 Å². The monoisotopic (exact) mass is 367 g/mol. The zero-order valence-electron chi connectivity index (χ0n) is 14.0. The van der Waals surface area contributed by atoms with Crippen molar-refractivity contribution in [2.24, 2.45) is 5.73 Å². The minimum absolute atomic E-state index is 0.183. The third-order valence-corrected chi connectivity index (χ3v) is 4.55. The van der Waals surface area contributed by atoms with E-state index in [0.717, 1.165) is 5.69 Å². The standard InChI is InChI=1S/C18H17N5O2S/c1-12(17(25)21-14-9-7-13(8-10-14)16(19)24)26-18-20-11-23(22-18)15-5-3-2-4-6-15/h2-12H,1H3,(H2,19,24)(H,21,25)/t12-/m1/s1. The lowest BCUT2D eigenvalue weighted by Gasteiger charge is -2.10. The first-order chi connectivity index (χ1) is 12.5. The zero-order chi connectivity index (χ0) is 18.5. The van der Waals surface area contributed by atoms with Gasteiger partial charge in [-0.2, -0.15) is 0 Å². The molecule has 3 aromatic rings. The molecule has 1 heterocycles. The predicted molar refractivity (Wildman–Crippen MR) is 100 cm³/mol. The van der Waals surface area contributed by atoms with Crippen molar-refractivity contribution in [2.45, 2.75) is 17.3 Å². The number of amides is 2. The lowest BCUT2D eigenvalue weighted by molar-refractivity contribution is -0.115. The van der Waals surface area contributed by atoms with E-state index in [4.69, 9.17) is 5.73 Å². The molecule has 0 saturated heterocycles. The van der Waals surface area contributed by atoms with E-state index in [1.54, 1.807) is 42.2 Å². The Kier molecular flexibility index (Phi) is 5.33. The van der Waals surface area contributed by atoms with Gasteiger partial charge in [0.15, 0.2) is 0 Å². The van der Waals surface area contributed by atoms with Crippen molar-refractivity contribution in [1.82, 2.24) is 14.8 Å². The first kappa shape index (κ1) is 17.7. The molecular formula is C18H17N5O2S. The molecule has 0 saturated carbocycles. The molecule has 0 fully saturated rings. The van der Waals surface area contributed by atoms with Crippen molar-refractivity contribution in [3.8, 4) is 5.69 Å². The van der Waals surface area contributed by atoms with Crippen LogP contribution >= 0.6 is 11.8 Å². The smallest absolute Gasteiger partial charge is 0.248 e. The lowest BCUT2D eigenvalue weighted by Crippen LogP contribution is -2.22. The number of carbonyl (C=O) groups is 2. The second-order valence-electron chi connectivity index (χ2n) is 5.50. The van der Waals surface area contributed by atoms with Crippen LogP contribution in [0.4, 0.5) is 5.69 Å². The quantitative estimate of drug-likeness (QED) is 0.652. The number of primary amides is 1. The maximum atomic E-state index is 12.3. The van der Waals surface area contributed by atoms with Crippen molar-refractivity contribution in [3.63, 3.8) is 0 Å². The number of nitrogens with zero attached hydrogens (tertiary/aromatic N) is 3. The molecular weight excluding hydrogens is 350 g/mol. The summed E-state index contributed by atoms with van der Waals surface area (Å²) in [5, 5.41) is 7.29. The highest BCUT2D eigenvalue weighted by atomic mass is 32.2. The number of hydrogen-bond donors (Lipinski definition) is 2. The maximum absolute atomic E-state index is 12.3. The van der Waals surface area contributed by atoms with Gasteiger partial charge in [-0.05, 0) is 43.3 Å². The number of anilines is 1. The third-order valence-electron chi connectivity index (χ3n) is 3.58. The molecule has 2 aromatic carbocycles. The molecule has 132 valence electrons. The van der Waals surface area contributed by atoms with E-state index in [1.807, 2.05) is 30.3 Å². The van der Waals surface area contributed by atoms with Crippen LogP contribution in [0.3, 0.4) is 0 Å². The van der Waals surface area contributed by atoms with Crippen molar-refractivity contribution >= 4 is 29.3 Å². The van der Waals surface area contributed by atoms with Crippen LogP contribution in [-0.2, 0) is 4.79 Å². The van der Waals surface area contributed by atoms with Crippen LogP contribution in [0, 0.1) is 0 Å². The topological polar surface area (TPSA) is 103 Å². The highest BCUT2D eigenvalue weighted by molar-refractivity contribution is 8.00. The molecule has 0 bridgehead atoms. The summed E-state index contributed by atoms with van der Waals surface area (Å²) in [6.45, 7) is 1.78. The Morgan fingerprint density at radius 2 is 1.81 bits per heavy atom. The SMILES string of the molecule is C[C@@H](Sc1ncn(-c2ccccc2)n1)C(=O)Nc1ccc(C(N)=O)cc1. The van der Waals surface area contributed by atoms with Gasteiger partial charge in [0.2, 0.25) is 17.0 Å². The molecule has 3 rings (SSSR count). The summed E-state index contributed by atoms with van der Waals surface area (Å²) < 4.78 is 1.66. The Morgan fingerprint density at radius 3 is 2.46 bits per heavy atom. The van der Waals surface area contributed by atoms with Gasteiger partial charge in [0.05, 0.1) is 10.9 Å². The number of nitrogens with one attached hydrogen (secondary N) is 1. The minimum Gasteiger partial charge on any atom is -0.366 e. The molecule has 0 unspecified atom stereocenters. The number of rotatable bonds is 6. The van der Waals surface area contributed by atoms with Gasteiger partial charge < -0.3 is 11.1 Å². The summed E-state index contributed by atoms with van der Waals surface area (Å²) in [6, 6.07) is 16.0. The van der Waals surface area contributed by atoms with E-state index in [-0.39, 0.29) is 5.91 Å². The average Bonchev–Trinajstić information content (AvgIpc) is 3.11. The van der Waals surface area contributed by atoms with Gasteiger partial charge in [-0.1, -0.05) is 30.0 Å². The van der Waals surface area contributed by atoms with Crippen LogP contribution in [0.15, 0.2) is 66.1 Å². The first-order valence-electron chi connectivity index (χ1n) is 7.87. The Morgan fingerprint density at radius 1 is 1.12 bits per heavy atom. The van der Waals surface area contributed by atoms with Crippen LogP contribution in [0.1, 0.15) is 17.3 Å². The third kappa shape index (κ3) is 4.28. The summed E-state index contributed by atoms with van der Waals surface area (Å²) in [7, 11) is 0. The van der Waals surface area contributed by atoms with Crippen LogP contribution < -0.4 is 11.1 Å². The fourth-order valence-corrected chi connectivity index (χ4v) is 2.91. The summed E-state index contributed by atoms with van der Waals surface area (Å²) in [6.07, 6.45) is 1.62. The van der Waals surface area contributed by atoms with E-state index >= 15 is 0 Å². The van der Waals surface area contributed by atoms with E-state index in [1.165, 1.54) is 11.8 Å². The van der Waals surface area contributed by atoms with E-state index in [0.29, 0.717) is 16.4 Å². The largest absolute Gasteiger partial charge is 0.366 e. The van der Waals surface area contributed by atoms with Gasteiger partial charge >= 0.3 is 0 Å². The number of hydrogen-bond acceptors (Lipinski definition) is 5. The van der Waals surface area contributed by atoms with Crippen molar-refractivity contribution in [1.29, 1.82) is 0 Å². The number of para-hydroxylation sites is 1. The zero-order valence-corrected chi connectivity index (χ0v) is 14.8. The fourth-order valence-electron chi connectivity index (χ4n) is 2.18. The normalized spacial score (nSPS) is 11.7. The van der Waals surface area contributed by atoms with E-state index in [2.05, 4.69) is 15.4 Å². The summed E-state index contributed by atoms with van der Waals surface area (Å²) in [4.78, 5) is 27.6. The predicted octanol–water partition coefficient (Wildman–Crippen LogP) is 2.49. The average molecular weight is 367 g/mol. The van der Waals surface area contributed by atoms with Crippen molar-refractivity contribution in [2.75, 3.05) is 5.32 Å². The second kappa shape index (κ2) is 7.83. The van der Waals surface area contributed by atoms with Crippen LogP contribution in [0.2, 0.25) is 0 Å². The Bertz CT molecular complexity index is 909. The second-order valence-corrected chi connectivity index (χ2v) is 6.81. The fraction of sp³-hybridized carbons (Fsp3) is 0.111. The molecule has 0 spiro atoms. The molecule has 2 amide bonds. The lowest BCUT2D eigenvalue weighted by atomic mass is 10.2. The number of aromatic nitrogens is 3. The van der Waals surface area contributed by atoms with Gasteiger partial charge in [-0.15, -0.1) is 5.10 Å². The van der Waals surface area contributed by atoms with Gasteiger partial charge in [0.1, 0.15) is 6.33 Å². The van der Waals surface area contributed by atoms with Gasteiger partial charge in [0.25, 0.3) is 0 Å². The first-order valence-corrected chi connectivity index (χ1v) is 8.75. The number of benzene rings is 2. The Labute approximate surface area is 154 Å². The Hall–Kier alpha value is -3.13. The van der Waals surface area contributed by atoms with Crippen molar-refractivity contribution in [3.05, 3.63) is 66.5 Å². The molecule has 26 heavy (non-hydrogen) atoms. The number of thioether (sulfide) groups is 1. The molecule has 1 atom stereocenters. The van der Waals surface area contributed by atoms with Crippen LogP contribution in [-0.4, -0.2) is 31.8 Å². The molecule has 0 aliphatic rings. The van der Waals surface area contributed by atoms with Crippen LogP contribution in [0.5, 0.6) is 0 Å². The van der Waals surface area contributed by atoms with Crippen molar-refractivity contribution < 1.29 is 9.59 Å². The summed E-state index contributed by atoms with van der Waals surface area (Å²) >= 11 is 1.27. The summed E-state index contributed by atoms with van der Waals surface area (Å²) in [5.41, 5.74) is 7.08. The summed E-state index contributed by atoms with van der Waals surface area (Å²) in [5.74, 6) is -0.690. The van der Waals surface area contributed by atoms with Gasteiger partial charge in [-0.3, -0.25) is 9.59 Å². The molecule has 8 heteroatoms. The number of nitrogens with two attached hydrogens (primary N) is 1. The molecule has 0 radical (unpaired) electrons. The maximum Gasteiger partial charge on any atom is 0.248 e. The van der Waals surface area contributed by atoms with Gasteiger partial charge in [0, 0.05) is 11.3 Å². The minimum atomic E-state index is -0.508.